The first-order valence-electron chi connectivity index (χ1n) is 7.82. The van der Waals surface area contributed by atoms with E-state index in [1.165, 1.54) is 0 Å². The molecule has 0 saturated heterocycles. The number of carboxylic acid groups (broad SMARTS) is 1. The van der Waals surface area contributed by atoms with E-state index in [0.29, 0.717) is 6.61 Å². The molecule has 0 fully saturated rings. The zero-order valence-corrected chi connectivity index (χ0v) is 14.0. The van der Waals surface area contributed by atoms with Crippen LogP contribution < -0.4 is 10.1 Å². The van der Waals surface area contributed by atoms with Crippen LogP contribution in [0.5, 0.6) is 5.75 Å². The fraction of sp³-hybridized carbons (Fsp3) is 0.263. The normalized spacial score (nSPS) is 11.2. The van der Waals surface area contributed by atoms with Crippen molar-refractivity contribution in [2.24, 2.45) is 0 Å². The quantitative estimate of drug-likeness (QED) is 0.775. The van der Waals surface area contributed by atoms with E-state index < -0.39 is 5.97 Å². The van der Waals surface area contributed by atoms with Gasteiger partial charge < -0.3 is 15.2 Å². The largest absolute Gasteiger partial charge is 0.493 e. The highest BCUT2D eigenvalue weighted by Gasteiger charge is 2.01. The third-order valence-electron chi connectivity index (χ3n) is 3.41. The van der Waals surface area contributed by atoms with Gasteiger partial charge in [0.25, 0.3) is 0 Å². The maximum absolute atomic E-state index is 10.7. The van der Waals surface area contributed by atoms with Gasteiger partial charge in [-0.3, -0.25) is 4.79 Å². The Kier molecular flexibility index (Phi) is 6.37. The Bertz CT molecular complexity index is 709. The fourth-order valence-electron chi connectivity index (χ4n) is 2.27. The van der Waals surface area contributed by atoms with Crippen LogP contribution in [0.4, 0.5) is 5.82 Å². The van der Waals surface area contributed by atoms with Gasteiger partial charge in [-0.2, -0.15) is 0 Å². The second-order valence-electron chi connectivity index (χ2n) is 5.49. The minimum Gasteiger partial charge on any atom is -0.493 e. The van der Waals surface area contributed by atoms with Gasteiger partial charge in [0.1, 0.15) is 11.6 Å². The first-order valence-corrected chi connectivity index (χ1v) is 7.82. The molecule has 0 bridgehead atoms. The molecule has 0 aliphatic carbocycles. The van der Waals surface area contributed by atoms with Crippen LogP contribution >= 0.6 is 0 Å². The molecule has 0 radical (unpaired) electrons. The molecular formula is C19H22N2O3. The molecule has 0 amide bonds. The summed E-state index contributed by atoms with van der Waals surface area (Å²) in [7, 11) is 1.84. The minimum absolute atomic E-state index is 0.0525. The summed E-state index contributed by atoms with van der Waals surface area (Å²) in [6, 6.07) is 13.5. The van der Waals surface area contributed by atoms with Gasteiger partial charge in [0.2, 0.25) is 0 Å². The van der Waals surface area contributed by atoms with E-state index in [2.05, 4.69) is 10.3 Å². The van der Waals surface area contributed by atoms with E-state index in [1.54, 1.807) is 0 Å². The zero-order chi connectivity index (χ0) is 17.4. The van der Waals surface area contributed by atoms with Crippen molar-refractivity contribution in [3.63, 3.8) is 0 Å². The average molecular weight is 326 g/mol. The van der Waals surface area contributed by atoms with Crippen LogP contribution in [-0.2, 0) is 11.2 Å². The van der Waals surface area contributed by atoms with E-state index >= 15 is 0 Å². The molecule has 5 heteroatoms. The third kappa shape index (κ3) is 5.76. The molecule has 0 unspecified atom stereocenters. The lowest BCUT2D eigenvalue weighted by molar-refractivity contribution is -0.136. The zero-order valence-electron chi connectivity index (χ0n) is 14.0. The fourth-order valence-corrected chi connectivity index (χ4v) is 2.27. The Balaban J connectivity index is 1.86. The molecule has 0 aliphatic rings. The maximum atomic E-state index is 10.7. The summed E-state index contributed by atoms with van der Waals surface area (Å²) in [5, 5.41) is 11.8. The molecular weight excluding hydrogens is 304 g/mol. The van der Waals surface area contributed by atoms with Gasteiger partial charge in [0.05, 0.1) is 13.0 Å². The molecule has 1 heterocycles. The number of hydrogen-bond acceptors (Lipinski definition) is 4. The maximum Gasteiger partial charge on any atom is 0.307 e. The standard InChI is InChI=1S/C19H22N2O3/c1-14(13-19(22)23)12-15-6-8-17(9-7-15)24-11-10-16-4-3-5-18(20-2)21-16/h3-9,12H,10-11,13H2,1-2H3,(H,20,21)(H,22,23)/b14-12-. The van der Waals surface area contributed by atoms with Crippen LogP contribution in [0, 0.1) is 0 Å². The first-order chi connectivity index (χ1) is 11.6. The first kappa shape index (κ1) is 17.5. The molecule has 1 aromatic carbocycles. The van der Waals surface area contributed by atoms with Crippen molar-refractivity contribution in [2.75, 3.05) is 19.0 Å². The number of pyridine rings is 1. The number of hydrogen-bond donors (Lipinski definition) is 2. The summed E-state index contributed by atoms with van der Waals surface area (Å²) >= 11 is 0. The lowest BCUT2D eigenvalue weighted by Gasteiger charge is -2.07. The number of nitrogens with zero attached hydrogens (tertiary/aromatic N) is 1. The highest BCUT2D eigenvalue weighted by Crippen LogP contribution is 2.16. The molecule has 0 atom stereocenters. The Labute approximate surface area is 142 Å². The average Bonchev–Trinajstić information content (AvgIpc) is 2.56. The predicted octanol–water partition coefficient (Wildman–Crippen LogP) is 3.62. The summed E-state index contributed by atoms with van der Waals surface area (Å²) in [5.41, 5.74) is 2.75. The summed E-state index contributed by atoms with van der Waals surface area (Å²) < 4.78 is 5.73. The topological polar surface area (TPSA) is 71.5 Å². The van der Waals surface area contributed by atoms with E-state index in [9.17, 15) is 4.79 Å². The molecule has 2 aromatic rings. The summed E-state index contributed by atoms with van der Waals surface area (Å²) in [4.78, 5) is 15.1. The van der Waals surface area contributed by atoms with Crippen molar-refractivity contribution in [3.8, 4) is 5.75 Å². The van der Waals surface area contributed by atoms with Crippen LogP contribution in [-0.4, -0.2) is 29.7 Å². The SMILES string of the molecule is CNc1cccc(CCOc2ccc(/C=C(/C)CC(=O)O)cc2)n1. The van der Waals surface area contributed by atoms with Crippen molar-refractivity contribution >= 4 is 17.9 Å². The Morgan fingerprint density at radius 2 is 2.00 bits per heavy atom. The van der Waals surface area contributed by atoms with E-state index in [0.717, 1.165) is 34.8 Å². The van der Waals surface area contributed by atoms with Crippen LogP contribution in [0.25, 0.3) is 6.08 Å². The number of benzene rings is 1. The van der Waals surface area contributed by atoms with Gasteiger partial charge in [0.15, 0.2) is 0 Å². The van der Waals surface area contributed by atoms with E-state index in [4.69, 9.17) is 9.84 Å². The molecule has 2 rings (SSSR count). The molecule has 0 aliphatic heterocycles. The molecule has 2 N–H and O–H groups in total. The number of nitrogens with one attached hydrogen (secondary N) is 1. The Hall–Kier alpha value is -2.82. The van der Waals surface area contributed by atoms with Crippen LogP contribution in [0.15, 0.2) is 48.0 Å². The molecule has 0 saturated carbocycles. The van der Waals surface area contributed by atoms with Crippen molar-refractivity contribution in [2.45, 2.75) is 19.8 Å². The van der Waals surface area contributed by atoms with Gasteiger partial charge in [0, 0.05) is 19.2 Å². The van der Waals surface area contributed by atoms with Gasteiger partial charge >= 0.3 is 5.97 Å². The summed E-state index contributed by atoms with van der Waals surface area (Å²) in [6.07, 6.45) is 2.65. The highest BCUT2D eigenvalue weighted by molar-refractivity contribution is 5.72. The number of aromatic nitrogens is 1. The van der Waals surface area contributed by atoms with Gasteiger partial charge in [-0.1, -0.05) is 29.8 Å². The number of anilines is 1. The smallest absolute Gasteiger partial charge is 0.307 e. The van der Waals surface area contributed by atoms with Gasteiger partial charge in [-0.15, -0.1) is 0 Å². The Morgan fingerprint density at radius 3 is 2.67 bits per heavy atom. The Morgan fingerprint density at radius 1 is 1.25 bits per heavy atom. The monoisotopic (exact) mass is 326 g/mol. The van der Waals surface area contributed by atoms with Crippen molar-refractivity contribution in [1.29, 1.82) is 0 Å². The lowest BCUT2D eigenvalue weighted by Crippen LogP contribution is -2.04. The van der Waals surface area contributed by atoms with E-state index in [-0.39, 0.29) is 6.42 Å². The second-order valence-corrected chi connectivity index (χ2v) is 5.49. The summed E-state index contributed by atoms with van der Waals surface area (Å²) in [5.74, 6) is 0.813. The number of rotatable bonds is 8. The molecule has 5 nitrogen and oxygen atoms in total. The summed E-state index contributed by atoms with van der Waals surface area (Å²) in [6.45, 7) is 2.36. The highest BCUT2D eigenvalue weighted by atomic mass is 16.5. The van der Waals surface area contributed by atoms with E-state index in [1.807, 2.05) is 62.5 Å². The van der Waals surface area contributed by atoms with Crippen LogP contribution in [0.2, 0.25) is 0 Å². The molecule has 24 heavy (non-hydrogen) atoms. The van der Waals surface area contributed by atoms with Crippen molar-refractivity contribution in [3.05, 3.63) is 59.3 Å². The molecule has 126 valence electrons. The number of aliphatic carboxylic acids is 1. The van der Waals surface area contributed by atoms with Crippen LogP contribution in [0.3, 0.4) is 0 Å². The second kappa shape index (κ2) is 8.72. The minimum atomic E-state index is -0.820. The number of carbonyl (C=O) groups is 1. The van der Waals surface area contributed by atoms with Gasteiger partial charge in [-0.25, -0.2) is 4.98 Å². The number of carboxylic acids is 1. The predicted molar refractivity (Wildman–Crippen MR) is 95.3 cm³/mol. The number of ether oxygens (including phenoxy) is 1. The van der Waals surface area contributed by atoms with Crippen molar-refractivity contribution < 1.29 is 14.6 Å². The third-order valence-corrected chi connectivity index (χ3v) is 3.41. The molecule has 1 aromatic heterocycles. The van der Waals surface area contributed by atoms with Crippen LogP contribution in [0.1, 0.15) is 24.6 Å². The van der Waals surface area contributed by atoms with Gasteiger partial charge in [-0.05, 0) is 36.8 Å². The molecule has 0 spiro atoms. The van der Waals surface area contributed by atoms with Crippen molar-refractivity contribution in [1.82, 2.24) is 4.98 Å². The lowest BCUT2D eigenvalue weighted by atomic mass is 10.1.